The van der Waals surface area contributed by atoms with E-state index in [-0.39, 0.29) is 5.41 Å². The summed E-state index contributed by atoms with van der Waals surface area (Å²) in [6.45, 7) is 13.6. The fourth-order valence-electron chi connectivity index (χ4n) is 2.84. The van der Waals surface area contributed by atoms with Crippen LogP contribution in [0.25, 0.3) is 5.57 Å². The predicted molar refractivity (Wildman–Crippen MR) is 80.4 cm³/mol. The summed E-state index contributed by atoms with van der Waals surface area (Å²) in [4.78, 5) is 0. The van der Waals surface area contributed by atoms with Gasteiger partial charge in [0.2, 0.25) is 0 Å². The van der Waals surface area contributed by atoms with E-state index in [4.69, 9.17) is 0 Å². The summed E-state index contributed by atoms with van der Waals surface area (Å²) in [5.41, 5.74) is 5.77. The molecule has 0 bridgehead atoms. The lowest BCUT2D eigenvalue weighted by Crippen LogP contribution is -2.29. The highest BCUT2D eigenvalue weighted by Crippen LogP contribution is 2.48. The van der Waals surface area contributed by atoms with Gasteiger partial charge in [0.1, 0.15) is 0 Å². The molecule has 1 aliphatic rings. The Morgan fingerprint density at radius 2 is 1.83 bits per heavy atom. The Kier molecular flexibility index (Phi) is 3.47. The smallest absolute Gasteiger partial charge is 0.00809 e. The molecule has 1 fully saturated rings. The van der Waals surface area contributed by atoms with Gasteiger partial charge < -0.3 is 0 Å². The molecule has 1 saturated carbocycles. The number of allylic oxidation sites excluding steroid dienone is 3. The molecule has 18 heavy (non-hydrogen) atoms. The van der Waals surface area contributed by atoms with Crippen molar-refractivity contribution >= 4 is 5.57 Å². The third-order valence-corrected chi connectivity index (χ3v) is 4.86. The molecular weight excluding hydrogens is 216 g/mol. The zero-order chi connectivity index (χ0) is 13.3. The zero-order valence-electron chi connectivity index (χ0n) is 12.1. The minimum Gasteiger partial charge on any atom is -0.0950 e. The van der Waals surface area contributed by atoms with Crippen LogP contribution in [0.1, 0.15) is 46.1 Å². The zero-order valence-corrected chi connectivity index (χ0v) is 12.1. The van der Waals surface area contributed by atoms with E-state index in [1.54, 1.807) is 0 Å². The van der Waals surface area contributed by atoms with Crippen LogP contribution >= 0.6 is 0 Å². The first-order valence-corrected chi connectivity index (χ1v) is 6.89. The fraction of sp³-hybridized carbons (Fsp3) is 0.444. The van der Waals surface area contributed by atoms with Crippen LogP contribution in [-0.2, 0) is 0 Å². The third-order valence-electron chi connectivity index (χ3n) is 4.86. The van der Waals surface area contributed by atoms with Crippen molar-refractivity contribution in [1.82, 2.24) is 0 Å². The second-order valence-corrected chi connectivity index (χ2v) is 6.11. The molecule has 1 aromatic rings. The maximum Gasteiger partial charge on any atom is -0.00809 e. The summed E-state index contributed by atoms with van der Waals surface area (Å²) in [7, 11) is 0. The lowest BCUT2D eigenvalue weighted by atomic mass is 9.64. The number of hydrogen-bond donors (Lipinski definition) is 0. The molecule has 1 aromatic carbocycles. The summed E-state index contributed by atoms with van der Waals surface area (Å²) in [5, 5.41) is 0. The lowest BCUT2D eigenvalue weighted by Gasteiger charge is -2.41. The molecule has 0 amide bonds. The standard InChI is InChI=1S/C18H24/c1-13-11-12-17(15(3)18(13,4)5)14(2)16-9-7-6-8-10-16/h6-10,13H,3,11-12H2,1-2,4-5H3/b17-14+. The van der Waals surface area contributed by atoms with Gasteiger partial charge in [-0.2, -0.15) is 0 Å². The van der Waals surface area contributed by atoms with Crippen molar-refractivity contribution in [2.75, 3.05) is 0 Å². The van der Waals surface area contributed by atoms with E-state index in [0.717, 1.165) is 5.92 Å². The van der Waals surface area contributed by atoms with Crippen LogP contribution < -0.4 is 0 Å². The van der Waals surface area contributed by atoms with E-state index < -0.39 is 0 Å². The van der Waals surface area contributed by atoms with Crippen LogP contribution in [0.2, 0.25) is 0 Å². The predicted octanol–water partition coefficient (Wildman–Crippen LogP) is 5.47. The Balaban J connectivity index is 2.42. The maximum atomic E-state index is 4.39. The SMILES string of the molecule is C=C1/C(=C(\C)c2ccccc2)CCC(C)C1(C)C. The van der Waals surface area contributed by atoms with Crippen LogP contribution in [0.5, 0.6) is 0 Å². The Bertz CT molecular complexity index is 474. The van der Waals surface area contributed by atoms with Gasteiger partial charge in [-0.1, -0.05) is 57.7 Å². The number of benzene rings is 1. The van der Waals surface area contributed by atoms with Crippen LogP contribution in [-0.4, -0.2) is 0 Å². The van der Waals surface area contributed by atoms with Crippen LogP contribution in [0.3, 0.4) is 0 Å². The highest BCUT2D eigenvalue weighted by molar-refractivity contribution is 5.71. The van der Waals surface area contributed by atoms with E-state index in [0.29, 0.717) is 0 Å². The number of hydrogen-bond acceptors (Lipinski definition) is 0. The molecule has 0 saturated heterocycles. The van der Waals surface area contributed by atoms with Gasteiger partial charge in [-0.05, 0) is 53.4 Å². The molecule has 1 aliphatic carbocycles. The molecule has 0 radical (unpaired) electrons. The van der Waals surface area contributed by atoms with E-state index in [1.807, 2.05) is 0 Å². The van der Waals surface area contributed by atoms with Gasteiger partial charge in [-0.3, -0.25) is 0 Å². The Morgan fingerprint density at radius 3 is 2.44 bits per heavy atom. The monoisotopic (exact) mass is 240 g/mol. The quantitative estimate of drug-likeness (QED) is 0.610. The van der Waals surface area contributed by atoms with Crippen molar-refractivity contribution in [2.24, 2.45) is 11.3 Å². The van der Waals surface area contributed by atoms with E-state index in [9.17, 15) is 0 Å². The Labute approximate surface area is 111 Å². The summed E-state index contributed by atoms with van der Waals surface area (Å²) < 4.78 is 0. The minimum atomic E-state index is 0.226. The third kappa shape index (κ3) is 2.16. The first-order valence-electron chi connectivity index (χ1n) is 6.89. The summed E-state index contributed by atoms with van der Waals surface area (Å²) in [6.07, 6.45) is 2.44. The topological polar surface area (TPSA) is 0 Å². The molecule has 0 aliphatic heterocycles. The van der Waals surface area contributed by atoms with Gasteiger partial charge in [-0.25, -0.2) is 0 Å². The van der Waals surface area contributed by atoms with E-state index in [1.165, 1.54) is 35.1 Å². The fourth-order valence-corrected chi connectivity index (χ4v) is 2.84. The van der Waals surface area contributed by atoms with Gasteiger partial charge in [0.05, 0.1) is 0 Å². The molecule has 0 spiro atoms. The number of rotatable bonds is 1. The lowest BCUT2D eigenvalue weighted by molar-refractivity contribution is 0.252. The maximum absolute atomic E-state index is 4.39. The van der Waals surface area contributed by atoms with Crippen molar-refractivity contribution in [2.45, 2.75) is 40.5 Å². The molecule has 0 heterocycles. The molecule has 1 unspecified atom stereocenters. The Morgan fingerprint density at radius 1 is 1.22 bits per heavy atom. The van der Waals surface area contributed by atoms with Crippen molar-refractivity contribution in [3.8, 4) is 0 Å². The first kappa shape index (κ1) is 13.1. The van der Waals surface area contributed by atoms with Gasteiger partial charge >= 0.3 is 0 Å². The van der Waals surface area contributed by atoms with Crippen molar-refractivity contribution in [1.29, 1.82) is 0 Å². The van der Waals surface area contributed by atoms with Crippen molar-refractivity contribution in [3.05, 3.63) is 53.6 Å². The normalized spacial score (nSPS) is 26.0. The van der Waals surface area contributed by atoms with E-state index >= 15 is 0 Å². The van der Waals surface area contributed by atoms with Crippen molar-refractivity contribution in [3.63, 3.8) is 0 Å². The summed E-state index contributed by atoms with van der Waals surface area (Å²) in [6, 6.07) is 10.7. The first-order chi connectivity index (χ1) is 8.44. The molecule has 0 aromatic heterocycles. The minimum absolute atomic E-state index is 0.226. The van der Waals surface area contributed by atoms with Gasteiger partial charge in [0, 0.05) is 0 Å². The summed E-state index contributed by atoms with van der Waals surface area (Å²) in [5.74, 6) is 0.720. The molecule has 0 heteroatoms. The Hall–Kier alpha value is -1.30. The van der Waals surface area contributed by atoms with Crippen LogP contribution in [0.15, 0.2) is 48.1 Å². The van der Waals surface area contributed by atoms with Gasteiger partial charge in [0.25, 0.3) is 0 Å². The molecular formula is C18H24. The molecule has 1 atom stereocenters. The second-order valence-electron chi connectivity index (χ2n) is 6.11. The highest BCUT2D eigenvalue weighted by atomic mass is 14.4. The van der Waals surface area contributed by atoms with Crippen molar-refractivity contribution < 1.29 is 0 Å². The molecule has 0 N–H and O–H groups in total. The molecule has 0 nitrogen and oxygen atoms in total. The molecule has 2 rings (SSSR count). The van der Waals surface area contributed by atoms with E-state index in [2.05, 4.69) is 64.6 Å². The van der Waals surface area contributed by atoms with Gasteiger partial charge in [0.15, 0.2) is 0 Å². The molecule has 96 valence electrons. The van der Waals surface area contributed by atoms with Gasteiger partial charge in [-0.15, -0.1) is 0 Å². The highest BCUT2D eigenvalue weighted by Gasteiger charge is 2.35. The average Bonchev–Trinajstić information content (AvgIpc) is 2.37. The average molecular weight is 240 g/mol. The second kappa shape index (κ2) is 4.76. The largest absolute Gasteiger partial charge is 0.0950 e. The summed E-state index contributed by atoms with van der Waals surface area (Å²) >= 11 is 0. The van der Waals surface area contributed by atoms with Crippen LogP contribution in [0, 0.1) is 11.3 Å². The van der Waals surface area contributed by atoms with Crippen LogP contribution in [0.4, 0.5) is 0 Å².